The lowest BCUT2D eigenvalue weighted by Crippen LogP contribution is -2.26. The molecule has 21 heavy (non-hydrogen) atoms. The van der Waals surface area contributed by atoms with Crippen molar-refractivity contribution in [1.29, 1.82) is 0 Å². The average Bonchev–Trinajstić information content (AvgIpc) is 2.79. The first kappa shape index (κ1) is 15.5. The fraction of sp³-hybridized carbons (Fsp3) is 0.389. The SMILES string of the molecule is Cc1cc(C)c(C(=O)CN(C)Cc2ccoc2C)cc1C. The number of hydrogen-bond donors (Lipinski definition) is 0. The van der Waals surface area contributed by atoms with E-state index in [0.717, 1.165) is 34.6 Å². The van der Waals surface area contributed by atoms with Crippen molar-refractivity contribution in [1.82, 2.24) is 4.90 Å². The minimum absolute atomic E-state index is 0.166. The molecule has 2 rings (SSSR count). The standard InChI is InChI=1S/C18H23NO2/c1-12-8-14(3)17(9-13(12)2)18(20)11-19(5)10-16-6-7-21-15(16)4/h6-9H,10-11H2,1-5H3. The number of benzene rings is 1. The molecule has 0 atom stereocenters. The van der Waals surface area contributed by atoms with E-state index in [0.29, 0.717) is 6.54 Å². The van der Waals surface area contributed by atoms with Crippen LogP contribution in [0, 0.1) is 27.7 Å². The molecule has 112 valence electrons. The van der Waals surface area contributed by atoms with Crippen LogP contribution in [0.5, 0.6) is 0 Å². The number of carbonyl (C=O) groups is 1. The quantitative estimate of drug-likeness (QED) is 0.783. The van der Waals surface area contributed by atoms with E-state index in [1.54, 1.807) is 6.26 Å². The maximum absolute atomic E-state index is 12.5. The molecule has 2 aromatic rings. The first-order valence-electron chi connectivity index (χ1n) is 7.21. The summed E-state index contributed by atoms with van der Waals surface area (Å²) in [4.78, 5) is 14.5. The maximum Gasteiger partial charge on any atom is 0.177 e. The predicted octanol–water partition coefficient (Wildman–Crippen LogP) is 3.83. The molecule has 1 aromatic heterocycles. The first-order valence-corrected chi connectivity index (χ1v) is 7.21. The Morgan fingerprint density at radius 1 is 1.10 bits per heavy atom. The van der Waals surface area contributed by atoms with Crippen LogP contribution in [0.3, 0.4) is 0 Å². The van der Waals surface area contributed by atoms with E-state index in [9.17, 15) is 4.79 Å². The molecule has 0 fully saturated rings. The third-order valence-electron chi connectivity index (χ3n) is 3.96. The lowest BCUT2D eigenvalue weighted by Gasteiger charge is -2.16. The van der Waals surface area contributed by atoms with Crippen LogP contribution in [0.1, 0.15) is 38.4 Å². The van der Waals surface area contributed by atoms with Crippen molar-refractivity contribution in [2.24, 2.45) is 0 Å². The second-order valence-electron chi connectivity index (χ2n) is 5.85. The molecule has 1 heterocycles. The lowest BCUT2D eigenvalue weighted by atomic mass is 9.98. The number of ketones is 1. The highest BCUT2D eigenvalue weighted by Gasteiger charge is 2.14. The molecule has 0 unspecified atom stereocenters. The Balaban J connectivity index is 2.07. The number of furan rings is 1. The van der Waals surface area contributed by atoms with E-state index in [4.69, 9.17) is 4.42 Å². The van der Waals surface area contributed by atoms with E-state index < -0.39 is 0 Å². The highest BCUT2D eigenvalue weighted by atomic mass is 16.3. The Morgan fingerprint density at radius 3 is 2.38 bits per heavy atom. The Kier molecular flexibility index (Phi) is 4.63. The zero-order chi connectivity index (χ0) is 15.6. The van der Waals surface area contributed by atoms with Crippen molar-refractivity contribution in [2.45, 2.75) is 34.2 Å². The van der Waals surface area contributed by atoms with Gasteiger partial charge in [0.05, 0.1) is 12.8 Å². The van der Waals surface area contributed by atoms with E-state index in [-0.39, 0.29) is 5.78 Å². The molecule has 3 nitrogen and oxygen atoms in total. The number of nitrogens with zero attached hydrogens (tertiary/aromatic N) is 1. The molecule has 0 saturated carbocycles. The summed E-state index contributed by atoms with van der Waals surface area (Å²) in [6.45, 7) is 9.19. The van der Waals surface area contributed by atoms with E-state index in [2.05, 4.69) is 13.0 Å². The molecular formula is C18H23NO2. The summed E-state index contributed by atoms with van der Waals surface area (Å²) in [7, 11) is 1.96. The van der Waals surface area contributed by atoms with Crippen molar-refractivity contribution >= 4 is 5.78 Å². The molecule has 0 N–H and O–H groups in total. The van der Waals surface area contributed by atoms with E-state index in [1.165, 1.54) is 5.56 Å². The Morgan fingerprint density at radius 2 is 1.76 bits per heavy atom. The topological polar surface area (TPSA) is 33.5 Å². The summed E-state index contributed by atoms with van der Waals surface area (Å²) in [5, 5.41) is 0. The fourth-order valence-electron chi connectivity index (χ4n) is 2.51. The molecule has 0 spiro atoms. The Labute approximate surface area is 126 Å². The van der Waals surface area contributed by atoms with Crippen molar-refractivity contribution < 1.29 is 9.21 Å². The third-order valence-corrected chi connectivity index (χ3v) is 3.96. The maximum atomic E-state index is 12.5. The molecule has 0 aliphatic rings. The van der Waals surface area contributed by atoms with Gasteiger partial charge < -0.3 is 4.42 Å². The van der Waals surface area contributed by atoms with Gasteiger partial charge in [-0.15, -0.1) is 0 Å². The van der Waals surface area contributed by atoms with Crippen molar-refractivity contribution in [3.63, 3.8) is 0 Å². The molecule has 3 heteroatoms. The van der Waals surface area contributed by atoms with Gasteiger partial charge in [-0.05, 0) is 63.6 Å². The normalized spacial score (nSPS) is 11.1. The van der Waals surface area contributed by atoms with Crippen molar-refractivity contribution in [3.05, 3.63) is 58.0 Å². The summed E-state index contributed by atoms with van der Waals surface area (Å²) in [5.74, 6) is 1.08. The molecule has 0 aliphatic carbocycles. The van der Waals surface area contributed by atoms with Gasteiger partial charge in [-0.1, -0.05) is 6.07 Å². The molecule has 0 aliphatic heterocycles. The van der Waals surface area contributed by atoms with Crippen LogP contribution in [0.2, 0.25) is 0 Å². The fourth-order valence-corrected chi connectivity index (χ4v) is 2.51. The average molecular weight is 285 g/mol. The first-order chi connectivity index (χ1) is 9.88. The number of rotatable bonds is 5. The number of hydrogen-bond acceptors (Lipinski definition) is 3. The van der Waals surface area contributed by atoms with Crippen molar-refractivity contribution in [3.8, 4) is 0 Å². The van der Waals surface area contributed by atoms with Crippen LogP contribution < -0.4 is 0 Å². The molecule has 0 amide bonds. The third kappa shape index (κ3) is 3.61. The second-order valence-corrected chi connectivity index (χ2v) is 5.85. The van der Waals surface area contributed by atoms with Gasteiger partial charge in [-0.25, -0.2) is 0 Å². The number of Topliss-reactive ketones (excluding diaryl/α,β-unsaturated/α-hetero) is 1. The van der Waals surface area contributed by atoms with Gasteiger partial charge in [0.1, 0.15) is 5.76 Å². The van der Waals surface area contributed by atoms with Crippen LogP contribution >= 0.6 is 0 Å². The van der Waals surface area contributed by atoms with Gasteiger partial charge in [0.25, 0.3) is 0 Å². The molecule has 0 radical (unpaired) electrons. The minimum atomic E-state index is 0.166. The lowest BCUT2D eigenvalue weighted by molar-refractivity contribution is 0.0942. The van der Waals surface area contributed by atoms with Crippen LogP contribution in [0.25, 0.3) is 0 Å². The second kappa shape index (κ2) is 6.27. The molecule has 1 aromatic carbocycles. The minimum Gasteiger partial charge on any atom is -0.469 e. The van der Waals surface area contributed by atoms with Crippen LogP contribution in [-0.4, -0.2) is 24.3 Å². The number of aryl methyl sites for hydroxylation is 4. The van der Waals surface area contributed by atoms with E-state index in [1.807, 2.05) is 44.9 Å². The number of carbonyl (C=O) groups excluding carboxylic acids is 1. The van der Waals surface area contributed by atoms with Crippen LogP contribution in [0.15, 0.2) is 28.9 Å². The van der Waals surface area contributed by atoms with Gasteiger partial charge in [-0.2, -0.15) is 0 Å². The van der Waals surface area contributed by atoms with Gasteiger partial charge >= 0.3 is 0 Å². The highest BCUT2D eigenvalue weighted by molar-refractivity contribution is 5.99. The summed E-state index contributed by atoms with van der Waals surface area (Å²) in [6, 6.07) is 6.05. The van der Waals surface area contributed by atoms with Gasteiger partial charge in [0.2, 0.25) is 0 Å². The van der Waals surface area contributed by atoms with Gasteiger partial charge in [0, 0.05) is 17.7 Å². The summed E-state index contributed by atoms with van der Waals surface area (Å²) < 4.78 is 5.29. The smallest absolute Gasteiger partial charge is 0.177 e. The number of likely N-dealkylation sites (N-methyl/N-ethyl adjacent to an activating group) is 1. The Bertz CT molecular complexity index is 655. The summed E-state index contributed by atoms with van der Waals surface area (Å²) in [6.07, 6.45) is 1.69. The molecular weight excluding hydrogens is 262 g/mol. The largest absolute Gasteiger partial charge is 0.469 e. The van der Waals surface area contributed by atoms with Crippen molar-refractivity contribution in [2.75, 3.05) is 13.6 Å². The predicted molar refractivity (Wildman–Crippen MR) is 84.8 cm³/mol. The molecule has 0 bridgehead atoms. The van der Waals surface area contributed by atoms with Gasteiger partial charge in [-0.3, -0.25) is 9.69 Å². The highest BCUT2D eigenvalue weighted by Crippen LogP contribution is 2.17. The molecule has 0 saturated heterocycles. The summed E-state index contributed by atoms with van der Waals surface area (Å²) >= 11 is 0. The van der Waals surface area contributed by atoms with E-state index >= 15 is 0 Å². The van der Waals surface area contributed by atoms with Crippen LogP contribution in [-0.2, 0) is 6.54 Å². The zero-order valence-electron chi connectivity index (χ0n) is 13.5. The van der Waals surface area contributed by atoms with Crippen LogP contribution in [0.4, 0.5) is 0 Å². The van der Waals surface area contributed by atoms with Gasteiger partial charge in [0.15, 0.2) is 5.78 Å². The zero-order valence-corrected chi connectivity index (χ0v) is 13.5. The monoisotopic (exact) mass is 285 g/mol. The summed E-state index contributed by atoms with van der Waals surface area (Å²) in [5.41, 5.74) is 5.40. The Hall–Kier alpha value is -1.87.